The molecule has 1 N–H and O–H groups in total. The summed E-state index contributed by atoms with van der Waals surface area (Å²) in [5, 5.41) is 7.40. The van der Waals surface area contributed by atoms with Crippen LogP contribution in [0.2, 0.25) is 0 Å². The van der Waals surface area contributed by atoms with E-state index >= 15 is 0 Å². The molecule has 0 fully saturated rings. The summed E-state index contributed by atoms with van der Waals surface area (Å²) in [5.74, 6) is -0.270. The molecule has 1 atom stereocenters. The topological polar surface area (TPSA) is 71.1 Å². The Morgan fingerprint density at radius 3 is 2.74 bits per heavy atom. The van der Waals surface area contributed by atoms with Crippen molar-refractivity contribution >= 4 is 12.4 Å². The van der Waals surface area contributed by atoms with E-state index in [0.717, 1.165) is 11.3 Å². The lowest BCUT2D eigenvalue weighted by Gasteiger charge is -2.09. The van der Waals surface area contributed by atoms with Gasteiger partial charge in [-0.1, -0.05) is 18.2 Å². The number of nitrogens with zero attached hydrogens (tertiary/aromatic N) is 3. The van der Waals surface area contributed by atoms with Crippen molar-refractivity contribution in [1.29, 1.82) is 5.41 Å². The van der Waals surface area contributed by atoms with Crippen LogP contribution in [0.3, 0.4) is 0 Å². The molecule has 1 aromatic heterocycles. The Labute approximate surface area is 110 Å². The molecule has 96 valence electrons. The Morgan fingerprint density at radius 2 is 2.11 bits per heavy atom. The summed E-state index contributed by atoms with van der Waals surface area (Å²) >= 11 is 0. The first-order valence-corrected chi connectivity index (χ1v) is 5.83. The number of hydrogen-bond donors (Lipinski definition) is 1. The summed E-state index contributed by atoms with van der Waals surface area (Å²) in [7, 11) is 1.65. The van der Waals surface area contributed by atoms with E-state index in [0.29, 0.717) is 0 Å². The van der Waals surface area contributed by atoms with Gasteiger partial charge in [0.05, 0.1) is 11.6 Å². The highest BCUT2D eigenvalue weighted by Gasteiger charge is 2.09. The monoisotopic (exact) mass is 254 g/mol. The fourth-order valence-electron chi connectivity index (χ4n) is 1.76. The van der Waals surface area contributed by atoms with Gasteiger partial charge in [0.25, 0.3) is 0 Å². The predicted molar refractivity (Wildman–Crippen MR) is 75.8 cm³/mol. The van der Waals surface area contributed by atoms with Gasteiger partial charge in [-0.05, 0) is 12.1 Å². The van der Waals surface area contributed by atoms with Gasteiger partial charge in [-0.2, -0.15) is 0 Å². The standard InChI is InChI=1S/C14H14N4O/c1-16-8-11(7-15)12-9-17-14(19)18(10-12)13-5-3-2-4-6-13/h2-11,15H,1H3. The molecule has 1 unspecified atom stereocenters. The van der Waals surface area contributed by atoms with Crippen LogP contribution < -0.4 is 5.69 Å². The zero-order chi connectivity index (χ0) is 13.7. The molecule has 0 saturated carbocycles. The Morgan fingerprint density at radius 1 is 1.37 bits per heavy atom. The molecule has 2 rings (SSSR count). The second kappa shape index (κ2) is 5.86. The average molecular weight is 254 g/mol. The number of aromatic nitrogens is 2. The molecular formula is C14H14N4O. The van der Waals surface area contributed by atoms with Crippen LogP contribution >= 0.6 is 0 Å². The maximum absolute atomic E-state index is 11.8. The van der Waals surface area contributed by atoms with Crippen molar-refractivity contribution in [1.82, 2.24) is 9.55 Å². The van der Waals surface area contributed by atoms with E-state index in [-0.39, 0.29) is 11.6 Å². The van der Waals surface area contributed by atoms with Gasteiger partial charge in [-0.15, -0.1) is 0 Å². The minimum absolute atomic E-state index is 0.270. The summed E-state index contributed by atoms with van der Waals surface area (Å²) in [6, 6.07) is 9.27. The van der Waals surface area contributed by atoms with Crippen molar-refractivity contribution in [3.63, 3.8) is 0 Å². The minimum Gasteiger partial charge on any atom is -0.312 e. The van der Waals surface area contributed by atoms with E-state index < -0.39 is 0 Å². The van der Waals surface area contributed by atoms with Crippen LogP contribution in [-0.4, -0.2) is 29.0 Å². The zero-order valence-corrected chi connectivity index (χ0v) is 10.5. The molecule has 19 heavy (non-hydrogen) atoms. The predicted octanol–water partition coefficient (Wildman–Crippen LogP) is 1.67. The zero-order valence-electron chi connectivity index (χ0n) is 10.5. The molecule has 0 aliphatic carbocycles. The Hall–Kier alpha value is -2.56. The smallest absolute Gasteiger partial charge is 0.312 e. The summed E-state index contributed by atoms with van der Waals surface area (Å²) in [4.78, 5) is 19.6. The molecule has 2 aromatic rings. The second-order valence-corrected chi connectivity index (χ2v) is 3.98. The summed E-state index contributed by atoms with van der Waals surface area (Å²) in [5.41, 5.74) is 1.16. The molecule has 0 saturated heterocycles. The molecule has 1 heterocycles. The first kappa shape index (κ1) is 12.9. The van der Waals surface area contributed by atoms with Crippen LogP contribution in [0.15, 0.2) is 52.5 Å². The van der Waals surface area contributed by atoms with Gasteiger partial charge in [0, 0.05) is 37.4 Å². The SMILES string of the molecule is CN=CC(C=N)c1cnc(=O)n(-c2ccccc2)c1. The molecule has 0 aliphatic rings. The molecule has 0 amide bonds. The molecule has 0 spiro atoms. The maximum atomic E-state index is 11.8. The highest BCUT2D eigenvalue weighted by molar-refractivity contribution is 5.88. The van der Waals surface area contributed by atoms with Crippen molar-refractivity contribution in [2.45, 2.75) is 5.92 Å². The van der Waals surface area contributed by atoms with E-state index in [2.05, 4.69) is 9.98 Å². The Balaban J connectivity index is 2.52. The van der Waals surface area contributed by atoms with Crippen LogP contribution in [0, 0.1) is 5.41 Å². The lowest BCUT2D eigenvalue weighted by atomic mass is 10.1. The average Bonchev–Trinajstić information content (AvgIpc) is 2.46. The molecule has 5 heteroatoms. The Bertz CT molecular complexity index is 646. The summed E-state index contributed by atoms with van der Waals surface area (Å²) in [6.07, 6.45) is 6.09. The quantitative estimate of drug-likeness (QED) is 0.843. The van der Waals surface area contributed by atoms with Crippen LogP contribution in [0.4, 0.5) is 0 Å². The van der Waals surface area contributed by atoms with Crippen LogP contribution in [0.5, 0.6) is 0 Å². The third-order valence-corrected chi connectivity index (χ3v) is 2.72. The normalized spacial score (nSPS) is 12.5. The van der Waals surface area contributed by atoms with Crippen LogP contribution in [0.1, 0.15) is 11.5 Å². The van der Waals surface area contributed by atoms with Crippen molar-refractivity contribution < 1.29 is 0 Å². The van der Waals surface area contributed by atoms with Gasteiger partial charge >= 0.3 is 5.69 Å². The van der Waals surface area contributed by atoms with Gasteiger partial charge in [0.1, 0.15) is 0 Å². The van der Waals surface area contributed by atoms with E-state index in [4.69, 9.17) is 5.41 Å². The van der Waals surface area contributed by atoms with Crippen molar-refractivity contribution in [2.75, 3.05) is 7.05 Å². The third-order valence-electron chi connectivity index (χ3n) is 2.72. The maximum Gasteiger partial charge on any atom is 0.352 e. The van der Waals surface area contributed by atoms with E-state index in [1.54, 1.807) is 19.5 Å². The second-order valence-electron chi connectivity index (χ2n) is 3.98. The largest absolute Gasteiger partial charge is 0.352 e. The van der Waals surface area contributed by atoms with E-state index in [1.807, 2.05) is 30.3 Å². The van der Waals surface area contributed by atoms with Crippen LogP contribution in [-0.2, 0) is 0 Å². The van der Waals surface area contributed by atoms with E-state index in [9.17, 15) is 4.79 Å². The molecular weight excluding hydrogens is 240 g/mol. The van der Waals surface area contributed by atoms with Gasteiger partial charge in [0.15, 0.2) is 0 Å². The first-order chi connectivity index (χ1) is 9.26. The van der Waals surface area contributed by atoms with Gasteiger partial charge in [0.2, 0.25) is 0 Å². The number of aliphatic imine (C=N–C) groups is 1. The van der Waals surface area contributed by atoms with E-state index in [1.165, 1.54) is 17.0 Å². The highest BCUT2D eigenvalue weighted by Crippen LogP contribution is 2.11. The lowest BCUT2D eigenvalue weighted by molar-refractivity contribution is 0.889. The third kappa shape index (κ3) is 2.82. The minimum atomic E-state index is -0.341. The van der Waals surface area contributed by atoms with Crippen LogP contribution in [0.25, 0.3) is 5.69 Å². The van der Waals surface area contributed by atoms with Crippen molar-refractivity contribution in [3.8, 4) is 5.69 Å². The molecule has 5 nitrogen and oxygen atoms in total. The summed E-state index contributed by atoms with van der Waals surface area (Å²) < 4.78 is 1.47. The van der Waals surface area contributed by atoms with Gasteiger partial charge in [-0.3, -0.25) is 9.56 Å². The fraction of sp³-hybridized carbons (Fsp3) is 0.143. The fourth-order valence-corrected chi connectivity index (χ4v) is 1.76. The number of para-hydroxylation sites is 1. The number of benzene rings is 1. The molecule has 0 bridgehead atoms. The molecule has 0 radical (unpaired) electrons. The molecule has 0 aliphatic heterocycles. The lowest BCUT2D eigenvalue weighted by Crippen LogP contribution is -2.22. The highest BCUT2D eigenvalue weighted by atomic mass is 16.1. The number of nitrogens with one attached hydrogen (secondary N) is 1. The number of hydrogen-bond acceptors (Lipinski definition) is 4. The number of rotatable bonds is 4. The Kier molecular flexibility index (Phi) is 3.97. The molecule has 1 aromatic carbocycles. The van der Waals surface area contributed by atoms with Gasteiger partial charge < -0.3 is 5.41 Å². The summed E-state index contributed by atoms with van der Waals surface area (Å²) in [6.45, 7) is 0. The van der Waals surface area contributed by atoms with Crippen molar-refractivity contribution in [2.24, 2.45) is 4.99 Å². The van der Waals surface area contributed by atoms with Crippen molar-refractivity contribution in [3.05, 3.63) is 58.8 Å². The first-order valence-electron chi connectivity index (χ1n) is 5.83. The van der Waals surface area contributed by atoms with Gasteiger partial charge in [-0.25, -0.2) is 9.78 Å².